The topological polar surface area (TPSA) is 57.0 Å². The fourth-order valence-corrected chi connectivity index (χ4v) is 1.57. The molecule has 14 heavy (non-hydrogen) atoms. The first-order chi connectivity index (χ1) is 6.68. The average Bonchev–Trinajstić information content (AvgIpc) is 2.46. The minimum atomic E-state index is 0.755. The van der Waals surface area contributed by atoms with E-state index in [-0.39, 0.29) is 0 Å². The second kappa shape index (κ2) is 3.10. The van der Waals surface area contributed by atoms with Gasteiger partial charge < -0.3 is 16.0 Å². The molecule has 3 nitrogen and oxygen atoms in total. The molecule has 1 aromatic carbocycles. The largest absolute Gasteiger partial charge is 0.398 e. The Morgan fingerprint density at radius 3 is 2.21 bits per heavy atom. The number of anilines is 2. The lowest BCUT2D eigenvalue weighted by Crippen LogP contribution is -1.90. The summed E-state index contributed by atoms with van der Waals surface area (Å²) in [4.78, 5) is 0. The van der Waals surface area contributed by atoms with E-state index in [1.807, 2.05) is 48.3 Å². The predicted octanol–water partition coefficient (Wildman–Crippen LogP) is 1.86. The number of hydrogen-bond donors (Lipinski definition) is 2. The Kier molecular flexibility index (Phi) is 1.93. The number of hydrogen-bond acceptors (Lipinski definition) is 2. The van der Waals surface area contributed by atoms with Crippen LogP contribution in [0.1, 0.15) is 0 Å². The molecule has 0 aliphatic carbocycles. The molecule has 0 aliphatic heterocycles. The average molecular weight is 187 g/mol. The van der Waals surface area contributed by atoms with Gasteiger partial charge in [-0.05, 0) is 6.07 Å². The van der Waals surface area contributed by atoms with Gasteiger partial charge >= 0.3 is 0 Å². The lowest BCUT2D eigenvalue weighted by Gasteiger charge is -2.03. The van der Waals surface area contributed by atoms with Gasteiger partial charge in [-0.15, -0.1) is 0 Å². The Balaban J connectivity index is 2.60. The zero-order valence-electron chi connectivity index (χ0n) is 8.07. The third kappa shape index (κ3) is 1.33. The highest BCUT2D eigenvalue weighted by atomic mass is 14.9. The van der Waals surface area contributed by atoms with Crippen molar-refractivity contribution in [1.82, 2.24) is 4.57 Å². The van der Waals surface area contributed by atoms with Gasteiger partial charge in [0.25, 0.3) is 0 Å². The van der Waals surface area contributed by atoms with Crippen LogP contribution in [-0.2, 0) is 7.05 Å². The molecule has 0 atom stereocenters. The van der Waals surface area contributed by atoms with Gasteiger partial charge in [0.1, 0.15) is 0 Å². The molecule has 0 fully saturated rings. The molecule has 72 valence electrons. The highest BCUT2D eigenvalue weighted by Gasteiger charge is 2.06. The van der Waals surface area contributed by atoms with Crippen LogP contribution in [0.15, 0.2) is 36.7 Å². The number of nitrogens with two attached hydrogens (primary N) is 2. The summed E-state index contributed by atoms with van der Waals surface area (Å²) in [6, 6.07) is 7.72. The van der Waals surface area contributed by atoms with Crippen LogP contribution in [0.2, 0.25) is 0 Å². The van der Waals surface area contributed by atoms with E-state index >= 15 is 0 Å². The highest BCUT2D eigenvalue weighted by Crippen LogP contribution is 2.30. The van der Waals surface area contributed by atoms with Crippen LogP contribution in [0, 0.1) is 0 Å². The minimum absolute atomic E-state index is 0.755. The summed E-state index contributed by atoms with van der Waals surface area (Å²) in [5.74, 6) is 0. The Labute approximate surface area is 83.0 Å². The molecule has 0 unspecified atom stereocenters. The molecular formula is C11H13N3. The van der Waals surface area contributed by atoms with E-state index in [1.54, 1.807) is 0 Å². The molecular weight excluding hydrogens is 174 g/mol. The maximum atomic E-state index is 5.87. The number of aromatic nitrogens is 1. The Bertz CT molecular complexity index is 457. The van der Waals surface area contributed by atoms with E-state index in [0.29, 0.717) is 0 Å². The fourth-order valence-electron chi connectivity index (χ4n) is 1.57. The fraction of sp³-hybridized carbons (Fsp3) is 0.0909. The van der Waals surface area contributed by atoms with Gasteiger partial charge in [-0.2, -0.15) is 0 Å². The van der Waals surface area contributed by atoms with Crippen LogP contribution in [0.5, 0.6) is 0 Å². The third-order valence-corrected chi connectivity index (χ3v) is 2.24. The molecule has 4 N–H and O–H groups in total. The summed E-state index contributed by atoms with van der Waals surface area (Å²) < 4.78 is 1.93. The molecule has 0 bridgehead atoms. The molecule has 0 spiro atoms. The lowest BCUT2D eigenvalue weighted by molar-refractivity contribution is 0.929. The lowest BCUT2D eigenvalue weighted by atomic mass is 10.1. The first-order valence-corrected chi connectivity index (χ1v) is 4.45. The van der Waals surface area contributed by atoms with Crippen molar-refractivity contribution in [2.75, 3.05) is 11.5 Å². The molecule has 2 rings (SSSR count). The first kappa shape index (κ1) is 8.69. The summed E-state index contributed by atoms with van der Waals surface area (Å²) >= 11 is 0. The minimum Gasteiger partial charge on any atom is -0.398 e. The van der Waals surface area contributed by atoms with Gasteiger partial charge in [0.2, 0.25) is 0 Å². The Hall–Kier alpha value is -1.90. The van der Waals surface area contributed by atoms with Crippen molar-refractivity contribution in [2.45, 2.75) is 0 Å². The van der Waals surface area contributed by atoms with Crippen molar-refractivity contribution in [3.8, 4) is 11.1 Å². The van der Waals surface area contributed by atoms with E-state index in [4.69, 9.17) is 11.5 Å². The SMILES string of the molecule is Cn1cc(N)c(-c2ccccc2N)c1. The van der Waals surface area contributed by atoms with Crippen LogP contribution in [-0.4, -0.2) is 4.57 Å². The van der Waals surface area contributed by atoms with Gasteiger partial charge in [0.15, 0.2) is 0 Å². The summed E-state index contributed by atoms with van der Waals surface area (Å²) in [6.45, 7) is 0. The van der Waals surface area contributed by atoms with Crippen molar-refractivity contribution >= 4 is 11.4 Å². The molecule has 3 heteroatoms. The zero-order valence-corrected chi connectivity index (χ0v) is 8.07. The quantitative estimate of drug-likeness (QED) is 0.669. The standard InChI is InChI=1S/C11H13N3/c1-14-6-9(11(13)7-14)8-4-2-3-5-10(8)12/h2-7H,12-13H2,1H3. The third-order valence-electron chi connectivity index (χ3n) is 2.24. The molecule has 0 aliphatic rings. The van der Waals surface area contributed by atoms with Crippen molar-refractivity contribution in [3.05, 3.63) is 36.7 Å². The van der Waals surface area contributed by atoms with Crippen molar-refractivity contribution in [1.29, 1.82) is 0 Å². The summed E-state index contributed by atoms with van der Waals surface area (Å²) in [6.07, 6.45) is 3.85. The maximum Gasteiger partial charge on any atom is 0.0574 e. The number of aryl methyl sites for hydroxylation is 1. The van der Waals surface area contributed by atoms with Crippen LogP contribution in [0.25, 0.3) is 11.1 Å². The summed E-state index contributed by atoms with van der Waals surface area (Å²) in [5, 5.41) is 0. The maximum absolute atomic E-state index is 5.87. The number of nitrogens with zero attached hydrogens (tertiary/aromatic N) is 1. The van der Waals surface area contributed by atoms with Crippen LogP contribution in [0.4, 0.5) is 11.4 Å². The number of benzene rings is 1. The monoisotopic (exact) mass is 187 g/mol. The molecule has 0 radical (unpaired) electrons. The van der Waals surface area contributed by atoms with E-state index in [2.05, 4.69) is 0 Å². The highest BCUT2D eigenvalue weighted by molar-refractivity contribution is 5.83. The molecule has 2 aromatic rings. The van der Waals surface area contributed by atoms with Gasteiger partial charge in [0.05, 0.1) is 5.69 Å². The Morgan fingerprint density at radius 2 is 1.64 bits per heavy atom. The molecule has 0 amide bonds. The normalized spacial score (nSPS) is 10.4. The first-order valence-electron chi connectivity index (χ1n) is 4.45. The Morgan fingerprint density at radius 1 is 0.929 bits per heavy atom. The smallest absolute Gasteiger partial charge is 0.0574 e. The van der Waals surface area contributed by atoms with Crippen molar-refractivity contribution in [3.63, 3.8) is 0 Å². The second-order valence-corrected chi connectivity index (χ2v) is 3.38. The van der Waals surface area contributed by atoms with Gasteiger partial charge in [-0.25, -0.2) is 0 Å². The predicted molar refractivity (Wildman–Crippen MR) is 59.7 cm³/mol. The number of nitrogen functional groups attached to an aromatic ring is 2. The van der Waals surface area contributed by atoms with Crippen LogP contribution < -0.4 is 11.5 Å². The van der Waals surface area contributed by atoms with E-state index in [1.165, 1.54) is 0 Å². The van der Waals surface area contributed by atoms with E-state index in [9.17, 15) is 0 Å². The van der Waals surface area contributed by atoms with Crippen LogP contribution in [0.3, 0.4) is 0 Å². The van der Waals surface area contributed by atoms with Gasteiger partial charge in [0, 0.05) is 36.3 Å². The van der Waals surface area contributed by atoms with Crippen molar-refractivity contribution in [2.24, 2.45) is 7.05 Å². The zero-order chi connectivity index (χ0) is 10.1. The second-order valence-electron chi connectivity index (χ2n) is 3.38. The molecule has 1 heterocycles. The molecule has 0 saturated heterocycles. The van der Waals surface area contributed by atoms with Crippen LogP contribution >= 0.6 is 0 Å². The summed E-state index contributed by atoms with van der Waals surface area (Å²) in [5.41, 5.74) is 15.2. The van der Waals surface area contributed by atoms with E-state index in [0.717, 1.165) is 22.5 Å². The summed E-state index contributed by atoms with van der Waals surface area (Å²) in [7, 11) is 1.94. The molecule has 0 saturated carbocycles. The van der Waals surface area contributed by atoms with Crippen molar-refractivity contribution < 1.29 is 0 Å². The molecule has 1 aromatic heterocycles. The van der Waals surface area contributed by atoms with Gasteiger partial charge in [-0.3, -0.25) is 0 Å². The number of para-hydroxylation sites is 1. The number of rotatable bonds is 1. The van der Waals surface area contributed by atoms with Gasteiger partial charge in [-0.1, -0.05) is 18.2 Å². The van der Waals surface area contributed by atoms with E-state index < -0.39 is 0 Å².